The van der Waals surface area contributed by atoms with Gasteiger partial charge in [-0.2, -0.15) is 5.10 Å². The van der Waals surface area contributed by atoms with Gasteiger partial charge < -0.3 is 0 Å². The fraction of sp³-hybridized carbons (Fsp3) is 0.529. The first-order valence-corrected chi connectivity index (χ1v) is 8.81. The molecule has 0 atom stereocenters. The summed E-state index contributed by atoms with van der Waals surface area (Å²) in [5, 5.41) is 4.69. The molecule has 0 unspecified atom stereocenters. The van der Waals surface area contributed by atoms with Gasteiger partial charge in [0.15, 0.2) is 10.6 Å². The Kier molecular flexibility index (Phi) is 4.03. The number of hydrogen-bond acceptors (Lipinski definition) is 3. The molecule has 1 aliphatic heterocycles. The molecule has 2 aliphatic rings. The molecule has 0 bridgehead atoms. The van der Waals surface area contributed by atoms with E-state index in [9.17, 15) is 4.39 Å². The van der Waals surface area contributed by atoms with Gasteiger partial charge in [0.25, 0.3) is 0 Å². The summed E-state index contributed by atoms with van der Waals surface area (Å²) in [5.74, 6) is 0.437. The molecule has 1 aliphatic carbocycles. The molecule has 4 nitrogen and oxygen atoms in total. The Morgan fingerprint density at radius 2 is 1.87 bits per heavy atom. The summed E-state index contributed by atoms with van der Waals surface area (Å²) in [5.41, 5.74) is 0.544. The van der Waals surface area contributed by atoms with Gasteiger partial charge in [-0.1, -0.05) is 18.6 Å². The molecule has 0 amide bonds. The van der Waals surface area contributed by atoms with E-state index in [1.54, 1.807) is 12.1 Å². The largest absolute Gasteiger partial charge is 0.297 e. The number of halogens is 1. The monoisotopic (exact) mass is 332 g/mol. The van der Waals surface area contributed by atoms with E-state index in [4.69, 9.17) is 12.2 Å². The number of piperidine rings is 1. The second-order valence-electron chi connectivity index (χ2n) is 6.51. The Morgan fingerprint density at radius 1 is 1.13 bits per heavy atom. The van der Waals surface area contributed by atoms with Gasteiger partial charge in [-0.25, -0.2) is 9.07 Å². The van der Waals surface area contributed by atoms with Gasteiger partial charge >= 0.3 is 0 Å². The molecule has 1 saturated carbocycles. The Morgan fingerprint density at radius 3 is 2.57 bits per heavy atom. The van der Waals surface area contributed by atoms with Crippen LogP contribution in [0.15, 0.2) is 24.3 Å². The van der Waals surface area contributed by atoms with Crippen LogP contribution >= 0.6 is 12.2 Å². The lowest BCUT2D eigenvalue weighted by Gasteiger charge is -2.25. The first-order valence-electron chi connectivity index (χ1n) is 8.40. The average molecular weight is 332 g/mol. The van der Waals surface area contributed by atoms with Crippen LogP contribution in [0.2, 0.25) is 0 Å². The lowest BCUT2D eigenvalue weighted by Crippen LogP contribution is -2.32. The summed E-state index contributed by atoms with van der Waals surface area (Å²) in [6.07, 6.45) is 5.98. The molecular formula is C17H21FN4S. The number of nitrogens with zero attached hydrogens (tertiary/aromatic N) is 4. The summed E-state index contributed by atoms with van der Waals surface area (Å²) < 4.78 is 18.9. The maximum Gasteiger partial charge on any atom is 0.199 e. The van der Waals surface area contributed by atoms with Crippen LogP contribution in [0.5, 0.6) is 0 Å². The van der Waals surface area contributed by atoms with E-state index in [-0.39, 0.29) is 5.82 Å². The van der Waals surface area contributed by atoms with Gasteiger partial charge in [-0.3, -0.25) is 9.47 Å². The summed E-state index contributed by atoms with van der Waals surface area (Å²) >= 11 is 5.66. The molecule has 0 radical (unpaired) electrons. The van der Waals surface area contributed by atoms with Crippen molar-refractivity contribution in [1.82, 2.24) is 19.2 Å². The first kappa shape index (κ1) is 15.0. The third-order valence-corrected chi connectivity index (χ3v) is 5.09. The molecule has 122 valence electrons. The summed E-state index contributed by atoms with van der Waals surface area (Å²) in [7, 11) is 0. The Balaban J connectivity index is 1.72. The predicted octanol–water partition coefficient (Wildman–Crippen LogP) is 4.00. The van der Waals surface area contributed by atoms with E-state index in [0.717, 1.165) is 30.7 Å². The smallest absolute Gasteiger partial charge is 0.199 e. The molecule has 4 rings (SSSR count). The summed E-state index contributed by atoms with van der Waals surface area (Å²) in [6, 6.07) is 7.21. The van der Waals surface area contributed by atoms with E-state index in [1.165, 1.54) is 25.3 Å². The van der Waals surface area contributed by atoms with Crippen LogP contribution in [0.4, 0.5) is 4.39 Å². The zero-order chi connectivity index (χ0) is 15.8. The third kappa shape index (κ3) is 2.97. The number of likely N-dealkylation sites (tertiary alicyclic amines) is 1. The highest BCUT2D eigenvalue weighted by Gasteiger charge is 2.30. The summed E-state index contributed by atoms with van der Waals surface area (Å²) in [4.78, 5) is 2.38. The van der Waals surface area contributed by atoms with Crippen molar-refractivity contribution < 1.29 is 4.39 Å². The van der Waals surface area contributed by atoms with Crippen LogP contribution in [0, 0.1) is 10.6 Å². The highest BCUT2D eigenvalue weighted by Crippen LogP contribution is 2.39. The quantitative estimate of drug-likeness (QED) is 0.792. The molecule has 2 fully saturated rings. The van der Waals surface area contributed by atoms with E-state index in [2.05, 4.69) is 14.6 Å². The average Bonchev–Trinajstić information content (AvgIpc) is 3.35. The minimum absolute atomic E-state index is 0.237. The highest BCUT2D eigenvalue weighted by molar-refractivity contribution is 7.71. The van der Waals surface area contributed by atoms with Crippen molar-refractivity contribution in [3.05, 3.63) is 34.9 Å². The standard InChI is InChI=1S/C17H21FN4S/c18-15-7-3-2-6-14(15)16-19-21(12-20-10-4-1-5-11-20)17(23)22(16)13-8-9-13/h2-3,6-7,13H,1,4-5,8-12H2. The highest BCUT2D eigenvalue weighted by atomic mass is 32.1. The maximum atomic E-state index is 14.2. The number of hydrogen-bond donors (Lipinski definition) is 0. The maximum absolute atomic E-state index is 14.2. The van der Waals surface area contributed by atoms with Crippen molar-refractivity contribution in [1.29, 1.82) is 0 Å². The Labute approximate surface area is 140 Å². The normalized spacial score (nSPS) is 19.2. The van der Waals surface area contributed by atoms with Crippen molar-refractivity contribution in [2.45, 2.75) is 44.8 Å². The second kappa shape index (κ2) is 6.17. The van der Waals surface area contributed by atoms with Crippen LogP contribution in [0.25, 0.3) is 11.4 Å². The minimum atomic E-state index is -0.237. The predicted molar refractivity (Wildman–Crippen MR) is 90.1 cm³/mol. The van der Waals surface area contributed by atoms with Gasteiger partial charge in [-0.15, -0.1) is 0 Å². The second-order valence-corrected chi connectivity index (χ2v) is 6.87. The first-order chi connectivity index (χ1) is 11.2. The third-order valence-electron chi connectivity index (χ3n) is 4.68. The van der Waals surface area contributed by atoms with Crippen LogP contribution < -0.4 is 0 Å². The molecule has 1 aromatic carbocycles. The number of aromatic nitrogens is 3. The lowest BCUT2D eigenvalue weighted by atomic mass is 10.1. The van der Waals surface area contributed by atoms with E-state index in [1.807, 2.05) is 10.7 Å². The van der Waals surface area contributed by atoms with Gasteiger partial charge in [0.05, 0.1) is 12.2 Å². The molecule has 1 saturated heterocycles. The van der Waals surface area contributed by atoms with E-state index >= 15 is 0 Å². The van der Waals surface area contributed by atoms with Gasteiger partial charge in [0.1, 0.15) is 5.82 Å². The fourth-order valence-corrected chi connectivity index (χ4v) is 3.62. The Hall–Kier alpha value is -1.53. The van der Waals surface area contributed by atoms with Crippen molar-refractivity contribution in [2.24, 2.45) is 0 Å². The fourth-order valence-electron chi connectivity index (χ4n) is 3.29. The molecule has 23 heavy (non-hydrogen) atoms. The van der Waals surface area contributed by atoms with Crippen LogP contribution in [0.3, 0.4) is 0 Å². The zero-order valence-corrected chi connectivity index (χ0v) is 13.9. The van der Waals surface area contributed by atoms with Crippen LogP contribution in [-0.2, 0) is 6.67 Å². The van der Waals surface area contributed by atoms with Gasteiger partial charge in [0, 0.05) is 6.04 Å². The molecule has 0 spiro atoms. The SMILES string of the molecule is Fc1ccccc1-c1nn(CN2CCCCC2)c(=S)n1C1CC1. The molecule has 0 N–H and O–H groups in total. The van der Waals surface area contributed by atoms with Gasteiger partial charge in [0.2, 0.25) is 0 Å². The van der Waals surface area contributed by atoms with E-state index < -0.39 is 0 Å². The topological polar surface area (TPSA) is 26.0 Å². The number of rotatable bonds is 4. The minimum Gasteiger partial charge on any atom is -0.297 e. The molecule has 6 heteroatoms. The zero-order valence-electron chi connectivity index (χ0n) is 13.1. The summed E-state index contributed by atoms with van der Waals surface area (Å²) in [6.45, 7) is 2.89. The molecule has 2 aromatic rings. The molecule has 1 aromatic heterocycles. The molecule has 2 heterocycles. The van der Waals surface area contributed by atoms with Crippen molar-refractivity contribution in [3.63, 3.8) is 0 Å². The lowest BCUT2D eigenvalue weighted by molar-refractivity contribution is 0.172. The van der Waals surface area contributed by atoms with Crippen LogP contribution in [-0.4, -0.2) is 32.3 Å². The van der Waals surface area contributed by atoms with E-state index in [0.29, 0.717) is 24.1 Å². The molecular weight excluding hydrogens is 311 g/mol. The Bertz CT molecular complexity index is 756. The number of benzene rings is 1. The van der Waals surface area contributed by atoms with Crippen molar-refractivity contribution >= 4 is 12.2 Å². The van der Waals surface area contributed by atoms with Crippen LogP contribution in [0.1, 0.15) is 38.1 Å². The van der Waals surface area contributed by atoms with Crippen molar-refractivity contribution in [3.8, 4) is 11.4 Å². The van der Waals surface area contributed by atoms with Crippen molar-refractivity contribution in [2.75, 3.05) is 13.1 Å². The van der Waals surface area contributed by atoms with Gasteiger partial charge in [-0.05, 0) is 63.1 Å².